The number of nitrogens with zero attached hydrogens (tertiary/aromatic N) is 1. The van der Waals surface area contributed by atoms with Crippen molar-refractivity contribution in [2.24, 2.45) is 0 Å². The maximum absolute atomic E-state index is 13.0. The SMILES string of the molecule is CC(=O)Nc1cccc(C(=O)N(C)[C@@H](C)c2ccc(F)cc2)c1. The molecule has 0 unspecified atom stereocenters. The summed E-state index contributed by atoms with van der Waals surface area (Å²) in [6.07, 6.45) is 0. The second kappa shape index (κ2) is 7.05. The van der Waals surface area contributed by atoms with Crippen LogP contribution in [0.5, 0.6) is 0 Å². The monoisotopic (exact) mass is 314 g/mol. The maximum atomic E-state index is 13.0. The highest BCUT2D eigenvalue weighted by atomic mass is 19.1. The van der Waals surface area contributed by atoms with Crippen LogP contribution in [0.1, 0.15) is 35.8 Å². The van der Waals surface area contributed by atoms with Crippen LogP contribution >= 0.6 is 0 Å². The Morgan fingerprint density at radius 2 is 1.78 bits per heavy atom. The predicted molar refractivity (Wildman–Crippen MR) is 87.7 cm³/mol. The lowest BCUT2D eigenvalue weighted by Crippen LogP contribution is -2.29. The van der Waals surface area contributed by atoms with Crippen LogP contribution in [0.25, 0.3) is 0 Å². The summed E-state index contributed by atoms with van der Waals surface area (Å²) in [6, 6.07) is 12.7. The minimum atomic E-state index is -0.307. The number of anilines is 1. The Kier molecular flexibility index (Phi) is 5.11. The third-order valence-corrected chi connectivity index (χ3v) is 3.68. The van der Waals surface area contributed by atoms with Crippen LogP contribution in [-0.2, 0) is 4.79 Å². The molecule has 2 amide bonds. The van der Waals surface area contributed by atoms with Crippen LogP contribution in [0.2, 0.25) is 0 Å². The lowest BCUT2D eigenvalue weighted by atomic mass is 10.1. The number of carbonyl (C=O) groups excluding carboxylic acids is 2. The van der Waals surface area contributed by atoms with Gasteiger partial charge in [-0.3, -0.25) is 9.59 Å². The van der Waals surface area contributed by atoms with E-state index in [4.69, 9.17) is 0 Å². The van der Waals surface area contributed by atoms with Gasteiger partial charge >= 0.3 is 0 Å². The Morgan fingerprint density at radius 1 is 1.13 bits per heavy atom. The zero-order chi connectivity index (χ0) is 17.0. The molecule has 0 aromatic heterocycles. The highest BCUT2D eigenvalue weighted by Crippen LogP contribution is 2.22. The number of halogens is 1. The van der Waals surface area contributed by atoms with E-state index in [1.165, 1.54) is 19.1 Å². The molecule has 0 aliphatic heterocycles. The smallest absolute Gasteiger partial charge is 0.254 e. The quantitative estimate of drug-likeness (QED) is 0.937. The summed E-state index contributed by atoms with van der Waals surface area (Å²) in [5.41, 5.74) is 1.90. The Balaban J connectivity index is 2.18. The molecule has 0 saturated carbocycles. The molecule has 0 fully saturated rings. The third kappa shape index (κ3) is 4.16. The molecule has 1 atom stereocenters. The van der Waals surface area contributed by atoms with E-state index >= 15 is 0 Å². The summed E-state index contributed by atoms with van der Waals surface area (Å²) in [6.45, 7) is 3.29. The Hall–Kier alpha value is -2.69. The molecule has 23 heavy (non-hydrogen) atoms. The zero-order valence-electron chi connectivity index (χ0n) is 13.3. The minimum Gasteiger partial charge on any atom is -0.335 e. The van der Waals surface area contributed by atoms with Gasteiger partial charge in [0.05, 0.1) is 6.04 Å². The summed E-state index contributed by atoms with van der Waals surface area (Å²) in [5, 5.41) is 2.65. The number of amides is 2. The second-order valence-corrected chi connectivity index (χ2v) is 5.41. The fourth-order valence-electron chi connectivity index (χ4n) is 2.28. The average Bonchev–Trinajstić information content (AvgIpc) is 2.53. The van der Waals surface area contributed by atoms with Gasteiger partial charge in [0.15, 0.2) is 0 Å². The van der Waals surface area contributed by atoms with E-state index in [2.05, 4.69) is 5.32 Å². The summed E-state index contributed by atoms with van der Waals surface area (Å²) < 4.78 is 13.0. The van der Waals surface area contributed by atoms with Gasteiger partial charge < -0.3 is 10.2 Å². The van der Waals surface area contributed by atoms with E-state index in [1.807, 2.05) is 6.92 Å². The highest BCUT2D eigenvalue weighted by molar-refractivity contribution is 5.96. The molecule has 5 heteroatoms. The molecule has 0 bridgehead atoms. The van der Waals surface area contributed by atoms with E-state index < -0.39 is 0 Å². The molecule has 0 radical (unpaired) electrons. The molecule has 0 aliphatic carbocycles. The van der Waals surface area contributed by atoms with Crippen molar-refractivity contribution in [1.82, 2.24) is 4.90 Å². The number of rotatable bonds is 4. The molecule has 2 aromatic carbocycles. The van der Waals surface area contributed by atoms with Crippen molar-refractivity contribution in [2.45, 2.75) is 19.9 Å². The molecule has 0 aliphatic rings. The highest BCUT2D eigenvalue weighted by Gasteiger charge is 2.19. The number of hydrogen-bond acceptors (Lipinski definition) is 2. The first-order valence-electron chi connectivity index (χ1n) is 7.29. The molecule has 2 rings (SSSR count). The first-order chi connectivity index (χ1) is 10.9. The number of nitrogens with one attached hydrogen (secondary N) is 1. The Morgan fingerprint density at radius 3 is 2.39 bits per heavy atom. The summed E-state index contributed by atoms with van der Waals surface area (Å²) in [4.78, 5) is 25.3. The van der Waals surface area contributed by atoms with Crippen molar-refractivity contribution < 1.29 is 14.0 Å². The van der Waals surface area contributed by atoms with Crippen LogP contribution in [0.3, 0.4) is 0 Å². The van der Waals surface area contributed by atoms with Gasteiger partial charge in [0, 0.05) is 25.2 Å². The molecular formula is C18H19FN2O2. The van der Waals surface area contributed by atoms with Crippen LogP contribution in [0.4, 0.5) is 10.1 Å². The van der Waals surface area contributed by atoms with Crippen molar-refractivity contribution >= 4 is 17.5 Å². The average molecular weight is 314 g/mol. The fourth-order valence-corrected chi connectivity index (χ4v) is 2.28. The van der Waals surface area contributed by atoms with E-state index in [0.29, 0.717) is 11.3 Å². The number of benzene rings is 2. The third-order valence-electron chi connectivity index (χ3n) is 3.68. The first kappa shape index (κ1) is 16.7. The molecule has 1 N–H and O–H groups in total. The van der Waals surface area contributed by atoms with Gasteiger partial charge in [0.25, 0.3) is 5.91 Å². The van der Waals surface area contributed by atoms with E-state index in [0.717, 1.165) is 5.56 Å². The Bertz CT molecular complexity index is 713. The molecular weight excluding hydrogens is 295 g/mol. The minimum absolute atomic E-state index is 0.172. The molecule has 120 valence electrons. The number of carbonyl (C=O) groups is 2. The molecule has 0 spiro atoms. The van der Waals surface area contributed by atoms with E-state index in [9.17, 15) is 14.0 Å². The van der Waals surface area contributed by atoms with Gasteiger partial charge in [-0.2, -0.15) is 0 Å². The van der Waals surface area contributed by atoms with Crippen molar-refractivity contribution in [3.8, 4) is 0 Å². The second-order valence-electron chi connectivity index (χ2n) is 5.41. The zero-order valence-corrected chi connectivity index (χ0v) is 13.3. The summed E-state index contributed by atoms with van der Waals surface area (Å²) >= 11 is 0. The Labute approximate surface area is 134 Å². The number of hydrogen-bond donors (Lipinski definition) is 1. The summed E-state index contributed by atoms with van der Waals surface area (Å²) in [5.74, 6) is -0.672. The predicted octanol–water partition coefficient (Wildman–Crippen LogP) is 3.62. The lowest BCUT2D eigenvalue weighted by molar-refractivity contribution is -0.114. The van der Waals surface area contributed by atoms with Gasteiger partial charge in [-0.25, -0.2) is 4.39 Å². The van der Waals surface area contributed by atoms with Crippen molar-refractivity contribution in [3.05, 3.63) is 65.5 Å². The molecule has 2 aromatic rings. The molecule has 4 nitrogen and oxygen atoms in total. The normalized spacial score (nSPS) is 11.7. The van der Waals surface area contributed by atoms with Crippen LogP contribution < -0.4 is 5.32 Å². The van der Waals surface area contributed by atoms with Crippen LogP contribution in [-0.4, -0.2) is 23.8 Å². The maximum Gasteiger partial charge on any atom is 0.254 e. The summed E-state index contributed by atoms with van der Waals surface area (Å²) in [7, 11) is 1.70. The van der Waals surface area contributed by atoms with Gasteiger partial charge in [-0.15, -0.1) is 0 Å². The van der Waals surface area contributed by atoms with Gasteiger partial charge in [0.2, 0.25) is 5.91 Å². The van der Waals surface area contributed by atoms with Crippen molar-refractivity contribution in [2.75, 3.05) is 12.4 Å². The lowest BCUT2D eigenvalue weighted by Gasteiger charge is -2.25. The fraction of sp³-hybridized carbons (Fsp3) is 0.222. The van der Waals surface area contributed by atoms with Crippen molar-refractivity contribution in [1.29, 1.82) is 0 Å². The van der Waals surface area contributed by atoms with Gasteiger partial charge in [-0.1, -0.05) is 18.2 Å². The van der Waals surface area contributed by atoms with Gasteiger partial charge in [-0.05, 0) is 42.8 Å². The van der Waals surface area contributed by atoms with Crippen molar-refractivity contribution in [3.63, 3.8) is 0 Å². The van der Waals surface area contributed by atoms with Crippen LogP contribution in [0.15, 0.2) is 48.5 Å². The van der Waals surface area contributed by atoms with E-state index in [1.54, 1.807) is 48.3 Å². The molecule has 0 heterocycles. The topological polar surface area (TPSA) is 49.4 Å². The largest absolute Gasteiger partial charge is 0.335 e. The van der Waals surface area contributed by atoms with E-state index in [-0.39, 0.29) is 23.7 Å². The standard InChI is InChI=1S/C18H19FN2O2/c1-12(14-7-9-16(19)10-8-14)21(3)18(23)15-5-4-6-17(11-15)20-13(2)22/h4-12H,1-3H3,(H,20,22)/t12-/m0/s1. The van der Waals surface area contributed by atoms with Crippen LogP contribution in [0, 0.1) is 5.82 Å². The molecule has 0 saturated heterocycles. The first-order valence-corrected chi connectivity index (χ1v) is 7.29. The van der Waals surface area contributed by atoms with Gasteiger partial charge in [0.1, 0.15) is 5.82 Å².